The summed E-state index contributed by atoms with van der Waals surface area (Å²) in [6.07, 6.45) is 3.88. The van der Waals surface area contributed by atoms with Gasteiger partial charge in [-0.25, -0.2) is 8.42 Å². The molecule has 0 aliphatic carbocycles. The Kier molecular flexibility index (Phi) is 6.09. The monoisotopic (exact) mass is 346 g/mol. The van der Waals surface area contributed by atoms with Gasteiger partial charge in [-0.3, -0.25) is 14.5 Å². The third-order valence-corrected chi connectivity index (χ3v) is 4.89. The summed E-state index contributed by atoms with van der Waals surface area (Å²) in [5.41, 5.74) is 2.71. The van der Waals surface area contributed by atoms with E-state index in [0.29, 0.717) is 17.9 Å². The summed E-state index contributed by atoms with van der Waals surface area (Å²) < 4.78 is 26.3. The van der Waals surface area contributed by atoms with Crippen molar-refractivity contribution in [1.82, 2.24) is 9.71 Å². The average Bonchev–Trinajstić information content (AvgIpc) is 2.53. The predicted octanol–water partition coefficient (Wildman–Crippen LogP) is 2.78. The standard InChI is InChI=1S/C18H22N2O3S/c1-14(2)17-8-5-16(6-9-17)13-24(22,23)20-18(21)10-7-15-4-3-11-19-12-15/h3-6,8-9,11-12,14H,7,10,13H2,1-2H3,(H,20,21). The summed E-state index contributed by atoms with van der Waals surface area (Å²) in [4.78, 5) is 15.8. The number of hydrogen-bond donors (Lipinski definition) is 1. The predicted molar refractivity (Wildman–Crippen MR) is 93.9 cm³/mol. The zero-order valence-electron chi connectivity index (χ0n) is 13.9. The zero-order chi connectivity index (χ0) is 17.6. The summed E-state index contributed by atoms with van der Waals surface area (Å²) in [7, 11) is -3.69. The van der Waals surface area contributed by atoms with Crippen molar-refractivity contribution in [2.75, 3.05) is 0 Å². The van der Waals surface area contributed by atoms with E-state index in [1.807, 2.05) is 18.2 Å². The maximum atomic E-state index is 12.1. The summed E-state index contributed by atoms with van der Waals surface area (Å²) in [6, 6.07) is 11.0. The van der Waals surface area contributed by atoms with Gasteiger partial charge in [-0.1, -0.05) is 44.2 Å². The van der Waals surface area contributed by atoms with Crippen LogP contribution in [0.4, 0.5) is 0 Å². The van der Waals surface area contributed by atoms with Gasteiger partial charge in [-0.2, -0.15) is 0 Å². The van der Waals surface area contributed by atoms with Crippen LogP contribution >= 0.6 is 0 Å². The molecule has 2 aromatic rings. The normalized spacial score (nSPS) is 11.5. The third-order valence-electron chi connectivity index (χ3n) is 3.64. The number of carbonyl (C=O) groups excluding carboxylic acids is 1. The molecule has 0 saturated heterocycles. The average molecular weight is 346 g/mol. The second-order valence-corrected chi connectivity index (χ2v) is 7.76. The second-order valence-electron chi connectivity index (χ2n) is 6.04. The topological polar surface area (TPSA) is 76.1 Å². The highest BCUT2D eigenvalue weighted by molar-refractivity contribution is 7.89. The van der Waals surface area contributed by atoms with Gasteiger partial charge in [0.15, 0.2) is 0 Å². The summed E-state index contributed by atoms with van der Waals surface area (Å²) in [5.74, 6) is -0.315. The van der Waals surface area contributed by atoms with Gasteiger partial charge in [0.25, 0.3) is 0 Å². The fraction of sp³-hybridized carbons (Fsp3) is 0.333. The Hall–Kier alpha value is -2.21. The number of pyridine rings is 1. The third kappa shape index (κ3) is 5.77. The van der Waals surface area contributed by atoms with E-state index in [0.717, 1.165) is 11.1 Å². The lowest BCUT2D eigenvalue weighted by molar-refractivity contribution is -0.119. The van der Waals surface area contributed by atoms with Crippen molar-refractivity contribution >= 4 is 15.9 Å². The van der Waals surface area contributed by atoms with E-state index < -0.39 is 15.9 Å². The fourth-order valence-corrected chi connectivity index (χ4v) is 3.44. The number of aromatic nitrogens is 1. The van der Waals surface area contributed by atoms with Gasteiger partial charge in [0.2, 0.25) is 15.9 Å². The van der Waals surface area contributed by atoms with Crippen LogP contribution in [0.5, 0.6) is 0 Å². The van der Waals surface area contributed by atoms with Gasteiger partial charge in [0.1, 0.15) is 0 Å². The largest absolute Gasteiger partial charge is 0.274 e. The number of aryl methyl sites for hydroxylation is 1. The lowest BCUT2D eigenvalue weighted by Gasteiger charge is -2.09. The smallest absolute Gasteiger partial charge is 0.239 e. The number of hydrogen-bond acceptors (Lipinski definition) is 4. The Bertz CT molecular complexity index is 770. The lowest BCUT2D eigenvalue weighted by atomic mass is 10.0. The molecule has 0 radical (unpaired) electrons. The van der Waals surface area contributed by atoms with Gasteiger partial charge in [0, 0.05) is 18.8 Å². The molecular formula is C18H22N2O3S. The molecule has 0 atom stereocenters. The van der Waals surface area contributed by atoms with Crippen LogP contribution in [-0.2, 0) is 27.0 Å². The van der Waals surface area contributed by atoms with Crippen molar-refractivity contribution < 1.29 is 13.2 Å². The fourth-order valence-electron chi connectivity index (χ4n) is 2.28. The van der Waals surface area contributed by atoms with Crippen LogP contribution in [0.3, 0.4) is 0 Å². The van der Waals surface area contributed by atoms with Crippen LogP contribution in [0.1, 0.15) is 42.9 Å². The molecule has 0 saturated carbocycles. The Labute approximate surface area is 143 Å². The van der Waals surface area contributed by atoms with Gasteiger partial charge in [-0.15, -0.1) is 0 Å². The quantitative estimate of drug-likeness (QED) is 0.836. The Morgan fingerprint density at radius 1 is 1.12 bits per heavy atom. The number of nitrogens with one attached hydrogen (secondary N) is 1. The lowest BCUT2D eigenvalue weighted by Crippen LogP contribution is -2.31. The molecular weight excluding hydrogens is 324 g/mol. The Morgan fingerprint density at radius 2 is 1.83 bits per heavy atom. The molecule has 24 heavy (non-hydrogen) atoms. The molecule has 0 spiro atoms. The van der Waals surface area contributed by atoms with E-state index in [1.165, 1.54) is 0 Å². The minimum atomic E-state index is -3.69. The molecule has 1 aromatic heterocycles. The Morgan fingerprint density at radius 3 is 2.42 bits per heavy atom. The van der Waals surface area contributed by atoms with E-state index in [9.17, 15) is 13.2 Å². The molecule has 1 heterocycles. The van der Waals surface area contributed by atoms with Crippen LogP contribution in [0.15, 0.2) is 48.8 Å². The molecule has 1 amide bonds. The maximum Gasteiger partial charge on any atom is 0.239 e. The second kappa shape index (κ2) is 8.06. The van der Waals surface area contributed by atoms with Gasteiger partial charge in [0.05, 0.1) is 5.75 Å². The molecule has 128 valence electrons. The number of amides is 1. The molecule has 0 bridgehead atoms. The van der Waals surface area contributed by atoms with Crippen molar-refractivity contribution in [1.29, 1.82) is 0 Å². The minimum absolute atomic E-state index is 0.108. The molecule has 5 nitrogen and oxygen atoms in total. The first-order valence-electron chi connectivity index (χ1n) is 7.87. The number of carbonyl (C=O) groups is 1. The summed E-state index contributed by atoms with van der Waals surface area (Å²) in [5, 5.41) is 0. The molecule has 1 N–H and O–H groups in total. The first-order valence-corrected chi connectivity index (χ1v) is 9.52. The van der Waals surface area contributed by atoms with E-state index in [1.54, 1.807) is 30.6 Å². The molecule has 0 aliphatic rings. The first-order chi connectivity index (χ1) is 11.4. The van der Waals surface area contributed by atoms with Crippen LogP contribution in [0.2, 0.25) is 0 Å². The molecule has 6 heteroatoms. The minimum Gasteiger partial charge on any atom is -0.274 e. The van der Waals surface area contributed by atoms with Crippen molar-refractivity contribution in [2.24, 2.45) is 0 Å². The van der Waals surface area contributed by atoms with E-state index in [2.05, 4.69) is 23.6 Å². The van der Waals surface area contributed by atoms with Crippen molar-refractivity contribution in [3.05, 3.63) is 65.5 Å². The van der Waals surface area contributed by atoms with Crippen molar-refractivity contribution in [2.45, 2.75) is 38.4 Å². The van der Waals surface area contributed by atoms with Crippen LogP contribution in [-0.4, -0.2) is 19.3 Å². The summed E-state index contributed by atoms with van der Waals surface area (Å²) >= 11 is 0. The number of rotatable bonds is 7. The van der Waals surface area contributed by atoms with E-state index in [-0.39, 0.29) is 12.2 Å². The zero-order valence-corrected chi connectivity index (χ0v) is 14.7. The molecule has 0 fully saturated rings. The molecule has 0 unspecified atom stereocenters. The maximum absolute atomic E-state index is 12.1. The molecule has 2 rings (SSSR count). The van der Waals surface area contributed by atoms with Crippen LogP contribution in [0.25, 0.3) is 0 Å². The van der Waals surface area contributed by atoms with Crippen molar-refractivity contribution in [3.8, 4) is 0 Å². The van der Waals surface area contributed by atoms with Crippen molar-refractivity contribution in [3.63, 3.8) is 0 Å². The first kappa shape index (κ1) is 18.1. The van der Waals surface area contributed by atoms with Gasteiger partial charge >= 0.3 is 0 Å². The van der Waals surface area contributed by atoms with Gasteiger partial charge < -0.3 is 0 Å². The molecule has 0 aliphatic heterocycles. The highest BCUT2D eigenvalue weighted by Gasteiger charge is 2.15. The number of nitrogens with zero attached hydrogens (tertiary/aromatic N) is 1. The SMILES string of the molecule is CC(C)c1ccc(CS(=O)(=O)NC(=O)CCc2cccnc2)cc1. The van der Waals surface area contributed by atoms with Gasteiger partial charge in [-0.05, 0) is 35.1 Å². The Balaban J connectivity index is 1.89. The highest BCUT2D eigenvalue weighted by Crippen LogP contribution is 2.15. The van der Waals surface area contributed by atoms with Crippen LogP contribution < -0.4 is 4.72 Å². The van der Waals surface area contributed by atoms with E-state index >= 15 is 0 Å². The highest BCUT2D eigenvalue weighted by atomic mass is 32.2. The number of benzene rings is 1. The number of sulfonamides is 1. The van der Waals surface area contributed by atoms with Crippen LogP contribution in [0, 0.1) is 0 Å². The van der Waals surface area contributed by atoms with E-state index in [4.69, 9.17) is 0 Å². The summed E-state index contributed by atoms with van der Waals surface area (Å²) in [6.45, 7) is 4.16. The molecule has 1 aromatic carbocycles.